The van der Waals surface area contributed by atoms with Gasteiger partial charge in [-0.2, -0.15) is 4.98 Å². The number of halogens is 1. The molecule has 1 aromatic carbocycles. The fourth-order valence-corrected chi connectivity index (χ4v) is 4.36. The minimum atomic E-state index is -3.88. The molecule has 0 spiro atoms. The lowest BCUT2D eigenvalue weighted by Crippen LogP contribution is -2.44. The van der Waals surface area contributed by atoms with E-state index in [0.717, 1.165) is 13.1 Å². The summed E-state index contributed by atoms with van der Waals surface area (Å²) in [5, 5.41) is 0.352. The van der Waals surface area contributed by atoms with Crippen LogP contribution in [-0.2, 0) is 9.84 Å². The van der Waals surface area contributed by atoms with E-state index in [1.807, 2.05) is 11.9 Å². The molecule has 0 aliphatic carbocycles. The maximum Gasteiger partial charge on any atom is 0.266 e. The topological polar surface area (TPSA) is 79.8 Å². The molecule has 1 saturated heterocycles. The first kappa shape index (κ1) is 18.1. The molecular formula is C18H18ClN3O4S. The van der Waals surface area contributed by atoms with E-state index < -0.39 is 9.84 Å². The van der Waals surface area contributed by atoms with E-state index in [2.05, 4.69) is 9.88 Å². The summed E-state index contributed by atoms with van der Waals surface area (Å²) in [7, 11) is -1.85. The summed E-state index contributed by atoms with van der Waals surface area (Å²) in [6, 6.07) is 9.38. The molecule has 4 rings (SSSR count). The van der Waals surface area contributed by atoms with Gasteiger partial charge in [0.25, 0.3) is 5.89 Å². The Morgan fingerprint density at radius 3 is 2.41 bits per heavy atom. The Labute approximate surface area is 162 Å². The maximum atomic E-state index is 13.2. The molecule has 0 N–H and O–H groups in total. The van der Waals surface area contributed by atoms with Crippen LogP contribution < -0.4 is 4.90 Å². The molecule has 27 heavy (non-hydrogen) atoms. The fraction of sp³-hybridized carbons (Fsp3) is 0.278. The molecule has 1 fully saturated rings. The molecule has 7 nitrogen and oxygen atoms in total. The second-order valence-electron chi connectivity index (χ2n) is 6.35. The van der Waals surface area contributed by atoms with E-state index in [-0.39, 0.29) is 21.7 Å². The summed E-state index contributed by atoms with van der Waals surface area (Å²) in [6.45, 7) is 2.90. The Morgan fingerprint density at radius 2 is 1.78 bits per heavy atom. The number of hydrogen-bond donors (Lipinski definition) is 0. The smallest absolute Gasteiger partial charge is 0.266 e. The average Bonchev–Trinajstić information content (AvgIpc) is 3.33. The first-order chi connectivity index (χ1) is 12.9. The number of oxazole rings is 1. The number of furan rings is 1. The standard InChI is InChI=1S/C18H18ClN3O4S/c1-21-8-10-22(11-9-21)18-17(20-16(26-18)15-3-2-12-25-15)27(23,24)14-6-4-13(19)5-7-14/h2-7,12H,8-11H2,1H3. The third-order valence-electron chi connectivity index (χ3n) is 4.48. The Bertz CT molecular complexity index is 1020. The molecule has 0 radical (unpaired) electrons. The monoisotopic (exact) mass is 407 g/mol. The van der Waals surface area contributed by atoms with Crippen molar-refractivity contribution in [1.82, 2.24) is 9.88 Å². The number of sulfone groups is 1. The Hall–Kier alpha value is -2.29. The predicted molar refractivity (Wildman–Crippen MR) is 101 cm³/mol. The van der Waals surface area contributed by atoms with Crippen molar-refractivity contribution in [3.63, 3.8) is 0 Å². The van der Waals surface area contributed by atoms with Crippen molar-refractivity contribution in [3.05, 3.63) is 47.7 Å². The minimum absolute atomic E-state index is 0.110. The van der Waals surface area contributed by atoms with Gasteiger partial charge in [0, 0.05) is 31.2 Å². The number of benzene rings is 1. The van der Waals surface area contributed by atoms with Crippen molar-refractivity contribution in [2.45, 2.75) is 9.92 Å². The van der Waals surface area contributed by atoms with E-state index in [1.165, 1.54) is 30.5 Å². The molecule has 0 atom stereocenters. The summed E-state index contributed by atoms with van der Waals surface area (Å²) < 4.78 is 37.6. The van der Waals surface area contributed by atoms with Crippen LogP contribution in [0, 0.1) is 0 Å². The van der Waals surface area contributed by atoms with Gasteiger partial charge in [-0.05, 0) is 43.4 Å². The highest BCUT2D eigenvalue weighted by atomic mass is 35.5. The normalized spacial score (nSPS) is 16.0. The second kappa shape index (κ2) is 7.03. The van der Waals surface area contributed by atoms with Gasteiger partial charge >= 0.3 is 0 Å². The quantitative estimate of drug-likeness (QED) is 0.657. The highest BCUT2D eigenvalue weighted by Crippen LogP contribution is 2.35. The molecule has 0 amide bonds. The third kappa shape index (κ3) is 3.47. The van der Waals surface area contributed by atoms with Gasteiger partial charge < -0.3 is 18.6 Å². The zero-order valence-corrected chi connectivity index (χ0v) is 16.2. The van der Waals surface area contributed by atoms with Gasteiger partial charge in [-0.15, -0.1) is 0 Å². The van der Waals surface area contributed by atoms with Crippen molar-refractivity contribution >= 4 is 27.3 Å². The number of aromatic nitrogens is 1. The van der Waals surface area contributed by atoms with Gasteiger partial charge in [-0.1, -0.05) is 11.6 Å². The first-order valence-electron chi connectivity index (χ1n) is 8.44. The summed E-state index contributed by atoms with van der Waals surface area (Å²) in [5.41, 5.74) is 0. The molecule has 1 aliphatic rings. The van der Waals surface area contributed by atoms with Crippen molar-refractivity contribution in [1.29, 1.82) is 0 Å². The molecule has 0 unspecified atom stereocenters. The van der Waals surface area contributed by atoms with Crippen LogP contribution in [0.3, 0.4) is 0 Å². The van der Waals surface area contributed by atoms with Crippen LogP contribution in [-0.4, -0.2) is 51.5 Å². The van der Waals surface area contributed by atoms with Crippen molar-refractivity contribution < 1.29 is 17.3 Å². The van der Waals surface area contributed by atoms with Crippen LogP contribution in [0.2, 0.25) is 5.02 Å². The number of likely N-dealkylation sites (N-methyl/N-ethyl adjacent to an activating group) is 1. The van der Waals surface area contributed by atoms with Crippen LogP contribution >= 0.6 is 11.6 Å². The molecule has 3 heterocycles. The number of hydrogen-bond acceptors (Lipinski definition) is 7. The summed E-state index contributed by atoms with van der Waals surface area (Å²) in [6.07, 6.45) is 1.49. The van der Waals surface area contributed by atoms with Gasteiger partial charge in [0.2, 0.25) is 20.7 Å². The Balaban J connectivity index is 1.81. The van der Waals surface area contributed by atoms with E-state index in [9.17, 15) is 8.42 Å². The molecule has 0 saturated carbocycles. The van der Waals surface area contributed by atoms with Gasteiger partial charge in [-0.25, -0.2) is 8.42 Å². The lowest BCUT2D eigenvalue weighted by Gasteiger charge is -2.32. The number of nitrogens with zero attached hydrogens (tertiary/aromatic N) is 3. The lowest BCUT2D eigenvalue weighted by atomic mass is 10.3. The highest BCUT2D eigenvalue weighted by Gasteiger charge is 2.33. The van der Waals surface area contributed by atoms with E-state index in [1.54, 1.807) is 12.1 Å². The maximum absolute atomic E-state index is 13.2. The fourth-order valence-electron chi connectivity index (χ4n) is 2.91. The highest BCUT2D eigenvalue weighted by molar-refractivity contribution is 7.91. The summed E-state index contributed by atoms with van der Waals surface area (Å²) in [5.74, 6) is 0.758. The van der Waals surface area contributed by atoms with Crippen LogP contribution in [0.15, 0.2) is 61.4 Å². The molecule has 0 bridgehead atoms. The second-order valence-corrected chi connectivity index (χ2v) is 8.66. The van der Waals surface area contributed by atoms with E-state index in [4.69, 9.17) is 20.4 Å². The Morgan fingerprint density at radius 1 is 1.07 bits per heavy atom. The van der Waals surface area contributed by atoms with Crippen LogP contribution in [0.25, 0.3) is 11.7 Å². The number of piperazine rings is 1. The average molecular weight is 408 g/mol. The first-order valence-corrected chi connectivity index (χ1v) is 10.3. The molecule has 2 aromatic heterocycles. The lowest BCUT2D eigenvalue weighted by molar-refractivity contribution is 0.305. The SMILES string of the molecule is CN1CCN(c2oc(-c3ccco3)nc2S(=O)(=O)c2ccc(Cl)cc2)CC1. The van der Waals surface area contributed by atoms with Gasteiger partial charge in [0.15, 0.2) is 5.76 Å². The largest absolute Gasteiger partial charge is 0.459 e. The molecular weight excluding hydrogens is 390 g/mol. The molecule has 142 valence electrons. The van der Waals surface area contributed by atoms with Crippen molar-refractivity contribution in [2.75, 3.05) is 38.1 Å². The van der Waals surface area contributed by atoms with E-state index >= 15 is 0 Å². The number of anilines is 1. The predicted octanol–water partition coefficient (Wildman–Crippen LogP) is 3.17. The molecule has 9 heteroatoms. The Kier molecular flexibility index (Phi) is 4.71. The van der Waals surface area contributed by atoms with Gasteiger partial charge in [0.05, 0.1) is 11.2 Å². The summed E-state index contributed by atoms with van der Waals surface area (Å²) in [4.78, 5) is 8.47. The van der Waals surface area contributed by atoms with Gasteiger partial charge in [-0.3, -0.25) is 0 Å². The van der Waals surface area contributed by atoms with Crippen LogP contribution in [0.5, 0.6) is 0 Å². The zero-order chi connectivity index (χ0) is 19.0. The molecule has 1 aliphatic heterocycles. The van der Waals surface area contributed by atoms with Crippen molar-refractivity contribution in [2.24, 2.45) is 0 Å². The van der Waals surface area contributed by atoms with Crippen molar-refractivity contribution in [3.8, 4) is 11.7 Å². The zero-order valence-electron chi connectivity index (χ0n) is 14.6. The van der Waals surface area contributed by atoms with Crippen LogP contribution in [0.4, 0.5) is 5.88 Å². The third-order valence-corrected chi connectivity index (χ3v) is 6.40. The summed E-state index contributed by atoms with van der Waals surface area (Å²) >= 11 is 5.89. The number of rotatable bonds is 4. The molecule has 3 aromatic rings. The minimum Gasteiger partial charge on any atom is -0.459 e. The van der Waals surface area contributed by atoms with E-state index in [0.29, 0.717) is 23.9 Å². The van der Waals surface area contributed by atoms with Crippen LogP contribution in [0.1, 0.15) is 0 Å². The van der Waals surface area contributed by atoms with Gasteiger partial charge in [0.1, 0.15) is 0 Å².